The van der Waals surface area contributed by atoms with E-state index in [0.717, 1.165) is 30.2 Å². The van der Waals surface area contributed by atoms with Gasteiger partial charge in [0.05, 0.1) is 16.6 Å². The van der Waals surface area contributed by atoms with Crippen LogP contribution in [0.4, 0.5) is 0 Å². The lowest BCUT2D eigenvalue weighted by atomic mass is 10.0. The number of piperidine rings is 1. The Labute approximate surface area is 122 Å². The van der Waals surface area contributed by atoms with Crippen molar-refractivity contribution in [2.75, 3.05) is 6.54 Å². The van der Waals surface area contributed by atoms with Crippen molar-refractivity contribution in [2.24, 2.45) is 5.73 Å². The molecule has 1 amide bonds. The fourth-order valence-corrected chi connectivity index (χ4v) is 3.01. The van der Waals surface area contributed by atoms with E-state index in [2.05, 4.69) is 0 Å². The van der Waals surface area contributed by atoms with Gasteiger partial charge in [0.1, 0.15) is 11.8 Å². The molecule has 2 heterocycles. The van der Waals surface area contributed by atoms with Gasteiger partial charge >= 0.3 is 0 Å². The highest BCUT2D eigenvalue weighted by atomic mass is 32.1. The van der Waals surface area contributed by atoms with Crippen molar-refractivity contribution in [3.8, 4) is 0 Å². The SMILES string of the molecule is NC(=S)C1CCCCN1C(=O)c1coc2ccccc12. The van der Waals surface area contributed by atoms with E-state index in [-0.39, 0.29) is 11.9 Å². The predicted octanol–water partition coefficient (Wildman–Crippen LogP) is 2.71. The molecule has 1 atom stereocenters. The van der Waals surface area contributed by atoms with Crippen LogP contribution in [0.15, 0.2) is 34.9 Å². The molecular weight excluding hydrogens is 272 g/mol. The van der Waals surface area contributed by atoms with E-state index >= 15 is 0 Å². The smallest absolute Gasteiger partial charge is 0.258 e. The molecule has 20 heavy (non-hydrogen) atoms. The van der Waals surface area contributed by atoms with Crippen LogP contribution in [0.2, 0.25) is 0 Å². The number of thiocarbonyl (C=S) groups is 1. The molecule has 1 aromatic heterocycles. The molecule has 0 radical (unpaired) electrons. The number of rotatable bonds is 2. The molecule has 0 spiro atoms. The number of para-hydroxylation sites is 1. The summed E-state index contributed by atoms with van der Waals surface area (Å²) in [5.74, 6) is -0.0487. The standard InChI is InChI=1S/C15H16N2O2S/c16-14(20)12-6-3-4-8-17(12)15(18)11-9-19-13-7-2-1-5-10(11)13/h1-2,5,7,9,12H,3-4,6,8H2,(H2,16,20). The molecule has 3 rings (SSSR count). The van der Waals surface area contributed by atoms with Gasteiger partial charge in [-0.15, -0.1) is 0 Å². The van der Waals surface area contributed by atoms with E-state index in [0.29, 0.717) is 17.1 Å². The van der Waals surface area contributed by atoms with E-state index in [1.54, 1.807) is 4.90 Å². The highest BCUT2D eigenvalue weighted by Gasteiger charge is 2.30. The molecule has 1 aromatic carbocycles. The number of carbonyl (C=O) groups is 1. The Kier molecular flexibility index (Phi) is 3.44. The first-order valence-corrected chi connectivity index (χ1v) is 7.16. The Morgan fingerprint density at radius 3 is 2.95 bits per heavy atom. The molecule has 1 unspecified atom stereocenters. The topological polar surface area (TPSA) is 59.5 Å². The molecule has 1 saturated heterocycles. The van der Waals surface area contributed by atoms with E-state index in [4.69, 9.17) is 22.4 Å². The molecule has 0 bridgehead atoms. The number of benzene rings is 1. The van der Waals surface area contributed by atoms with Crippen molar-refractivity contribution in [3.63, 3.8) is 0 Å². The first kappa shape index (κ1) is 13.1. The van der Waals surface area contributed by atoms with Crippen LogP contribution >= 0.6 is 12.2 Å². The minimum atomic E-state index is -0.139. The van der Waals surface area contributed by atoms with Crippen LogP contribution in [0.25, 0.3) is 11.0 Å². The largest absolute Gasteiger partial charge is 0.463 e. The molecule has 0 saturated carbocycles. The van der Waals surface area contributed by atoms with Gasteiger partial charge in [-0.1, -0.05) is 30.4 Å². The summed E-state index contributed by atoms with van der Waals surface area (Å²) in [7, 11) is 0. The maximum Gasteiger partial charge on any atom is 0.258 e. The zero-order valence-electron chi connectivity index (χ0n) is 11.0. The van der Waals surface area contributed by atoms with Gasteiger partial charge in [0.2, 0.25) is 0 Å². The highest BCUT2D eigenvalue weighted by molar-refractivity contribution is 7.80. The molecule has 1 aliphatic rings. The van der Waals surface area contributed by atoms with E-state index in [9.17, 15) is 4.79 Å². The van der Waals surface area contributed by atoms with Crippen LogP contribution in [0.3, 0.4) is 0 Å². The van der Waals surface area contributed by atoms with Gasteiger partial charge in [-0.3, -0.25) is 4.79 Å². The second kappa shape index (κ2) is 5.25. The number of carbonyl (C=O) groups excluding carboxylic acids is 1. The molecule has 1 fully saturated rings. The summed E-state index contributed by atoms with van der Waals surface area (Å²) in [5.41, 5.74) is 7.08. The average Bonchev–Trinajstić information content (AvgIpc) is 2.90. The van der Waals surface area contributed by atoms with E-state index in [1.807, 2.05) is 24.3 Å². The Balaban J connectivity index is 1.96. The normalized spacial score (nSPS) is 19.2. The van der Waals surface area contributed by atoms with E-state index < -0.39 is 0 Å². The predicted molar refractivity (Wildman–Crippen MR) is 81.7 cm³/mol. The van der Waals surface area contributed by atoms with Gasteiger partial charge in [-0.2, -0.15) is 0 Å². The van der Waals surface area contributed by atoms with Crippen LogP contribution in [-0.2, 0) is 0 Å². The number of likely N-dealkylation sites (tertiary alicyclic amines) is 1. The van der Waals surface area contributed by atoms with Gasteiger partial charge in [-0.25, -0.2) is 0 Å². The molecule has 5 heteroatoms. The molecule has 2 N–H and O–H groups in total. The maximum atomic E-state index is 12.7. The minimum Gasteiger partial charge on any atom is -0.463 e. The summed E-state index contributed by atoms with van der Waals surface area (Å²) in [4.78, 5) is 14.9. The Hall–Kier alpha value is -1.88. The van der Waals surface area contributed by atoms with Crippen LogP contribution in [-0.4, -0.2) is 28.4 Å². The zero-order chi connectivity index (χ0) is 14.1. The highest BCUT2D eigenvalue weighted by Crippen LogP contribution is 2.25. The number of hydrogen-bond acceptors (Lipinski definition) is 3. The summed E-state index contributed by atoms with van der Waals surface area (Å²) >= 11 is 5.10. The Morgan fingerprint density at radius 1 is 1.35 bits per heavy atom. The van der Waals surface area contributed by atoms with Crippen molar-refractivity contribution in [2.45, 2.75) is 25.3 Å². The van der Waals surface area contributed by atoms with Crippen molar-refractivity contribution in [1.82, 2.24) is 4.90 Å². The van der Waals surface area contributed by atoms with Gasteiger partial charge in [0.15, 0.2) is 0 Å². The zero-order valence-corrected chi connectivity index (χ0v) is 11.9. The molecule has 4 nitrogen and oxygen atoms in total. The van der Waals surface area contributed by atoms with Gasteiger partial charge in [0, 0.05) is 11.9 Å². The van der Waals surface area contributed by atoms with Gasteiger partial charge in [-0.05, 0) is 25.3 Å². The van der Waals surface area contributed by atoms with Gasteiger partial charge < -0.3 is 15.1 Å². The third-order valence-corrected chi connectivity index (χ3v) is 4.08. The quantitative estimate of drug-likeness (QED) is 0.863. The lowest BCUT2D eigenvalue weighted by Crippen LogP contribution is -2.49. The summed E-state index contributed by atoms with van der Waals surface area (Å²) in [6.07, 6.45) is 4.41. The van der Waals surface area contributed by atoms with Crippen molar-refractivity contribution in [3.05, 3.63) is 36.1 Å². The van der Waals surface area contributed by atoms with Crippen molar-refractivity contribution < 1.29 is 9.21 Å². The third-order valence-electron chi connectivity index (χ3n) is 3.80. The number of amides is 1. The van der Waals surface area contributed by atoms with Crippen LogP contribution in [0, 0.1) is 0 Å². The first-order valence-electron chi connectivity index (χ1n) is 6.75. The molecular formula is C15H16N2O2S. The molecule has 0 aliphatic carbocycles. The molecule has 104 valence electrons. The Morgan fingerprint density at radius 2 is 2.15 bits per heavy atom. The second-order valence-electron chi connectivity index (χ2n) is 5.06. The fraction of sp³-hybridized carbons (Fsp3) is 0.333. The molecule has 2 aromatic rings. The lowest BCUT2D eigenvalue weighted by molar-refractivity contribution is 0.0682. The molecule has 1 aliphatic heterocycles. The number of furan rings is 1. The summed E-state index contributed by atoms with van der Waals surface area (Å²) in [6, 6.07) is 7.40. The maximum absolute atomic E-state index is 12.7. The van der Waals surface area contributed by atoms with Crippen LogP contribution in [0.1, 0.15) is 29.6 Å². The number of fused-ring (bicyclic) bond motifs is 1. The summed E-state index contributed by atoms with van der Waals surface area (Å²) < 4.78 is 5.45. The lowest BCUT2D eigenvalue weighted by Gasteiger charge is -2.34. The second-order valence-corrected chi connectivity index (χ2v) is 5.53. The number of hydrogen-bond donors (Lipinski definition) is 1. The van der Waals surface area contributed by atoms with Crippen molar-refractivity contribution >= 4 is 34.1 Å². The van der Waals surface area contributed by atoms with Crippen LogP contribution < -0.4 is 5.73 Å². The Bertz CT molecular complexity index is 665. The fourth-order valence-electron chi connectivity index (χ4n) is 2.77. The number of nitrogens with two attached hydrogens (primary N) is 1. The summed E-state index contributed by atoms with van der Waals surface area (Å²) in [6.45, 7) is 0.695. The minimum absolute atomic E-state index is 0.0487. The van der Waals surface area contributed by atoms with Crippen molar-refractivity contribution in [1.29, 1.82) is 0 Å². The monoisotopic (exact) mass is 288 g/mol. The van der Waals surface area contributed by atoms with Crippen LogP contribution in [0.5, 0.6) is 0 Å². The first-order chi connectivity index (χ1) is 9.68. The summed E-state index contributed by atoms with van der Waals surface area (Å²) in [5, 5.41) is 0.838. The number of nitrogens with zero attached hydrogens (tertiary/aromatic N) is 1. The third kappa shape index (κ3) is 2.18. The average molecular weight is 288 g/mol. The van der Waals surface area contributed by atoms with E-state index in [1.165, 1.54) is 6.26 Å². The van der Waals surface area contributed by atoms with Gasteiger partial charge in [0.25, 0.3) is 5.91 Å².